The first-order chi connectivity index (χ1) is 12.2. The Morgan fingerprint density at radius 1 is 1.28 bits per heavy atom. The average molecular weight is 338 g/mol. The van der Waals surface area contributed by atoms with E-state index in [-0.39, 0.29) is 18.4 Å². The number of aryl methyl sites for hydroxylation is 1. The zero-order valence-corrected chi connectivity index (χ0v) is 13.9. The van der Waals surface area contributed by atoms with Crippen LogP contribution in [0.5, 0.6) is 5.88 Å². The Balaban J connectivity index is 1.38. The molecular weight excluding hydrogens is 320 g/mol. The summed E-state index contributed by atoms with van der Waals surface area (Å²) < 4.78 is 11.1. The molecule has 0 aliphatic carbocycles. The predicted molar refractivity (Wildman–Crippen MR) is 90.1 cm³/mol. The zero-order valence-electron chi connectivity index (χ0n) is 13.9. The highest BCUT2D eigenvalue weighted by molar-refractivity contribution is 5.86. The van der Waals surface area contributed by atoms with Crippen LogP contribution in [0.3, 0.4) is 0 Å². The minimum absolute atomic E-state index is 0.0279. The van der Waals surface area contributed by atoms with Gasteiger partial charge in [0.1, 0.15) is 11.8 Å². The minimum atomic E-state index is -0.0602. The van der Waals surface area contributed by atoms with E-state index in [1.807, 2.05) is 37.3 Å². The SMILES string of the molecule is Cc1ccc(O[C@H]2CCN(C(=O)Cc3noc4ccccc34)C2)nn1. The van der Waals surface area contributed by atoms with E-state index >= 15 is 0 Å². The molecule has 1 saturated heterocycles. The molecule has 3 aromatic rings. The van der Waals surface area contributed by atoms with Crippen molar-refractivity contribution in [3.63, 3.8) is 0 Å². The van der Waals surface area contributed by atoms with Gasteiger partial charge in [-0.2, -0.15) is 5.10 Å². The molecule has 1 amide bonds. The van der Waals surface area contributed by atoms with Crippen molar-refractivity contribution in [2.45, 2.75) is 25.9 Å². The van der Waals surface area contributed by atoms with Gasteiger partial charge in [-0.15, -0.1) is 5.10 Å². The number of nitrogens with zero attached hydrogens (tertiary/aromatic N) is 4. The number of benzene rings is 1. The van der Waals surface area contributed by atoms with Crippen LogP contribution in [0.1, 0.15) is 17.8 Å². The second-order valence-corrected chi connectivity index (χ2v) is 6.18. The number of para-hydroxylation sites is 1. The van der Waals surface area contributed by atoms with E-state index in [9.17, 15) is 4.79 Å². The first kappa shape index (κ1) is 15.6. The number of carbonyl (C=O) groups excluding carboxylic acids is 1. The summed E-state index contributed by atoms with van der Waals surface area (Å²) in [7, 11) is 0. The normalized spacial score (nSPS) is 17.2. The van der Waals surface area contributed by atoms with Gasteiger partial charge >= 0.3 is 0 Å². The lowest BCUT2D eigenvalue weighted by Gasteiger charge is -2.16. The number of amides is 1. The smallest absolute Gasteiger partial charge is 0.233 e. The predicted octanol–water partition coefficient (Wildman–Crippen LogP) is 2.15. The summed E-state index contributed by atoms with van der Waals surface area (Å²) in [5.41, 5.74) is 2.22. The summed E-state index contributed by atoms with van der Waals surface area (Å²) in [6.45, 7) is 3.09. The molecule has 3 heterocycles. The quantitative estimate of drug-likeness (QED) is 0.725. The lowest BCUT2D eigenvalue weighted by atomic mass is 10.1. The Bertz CT molecular complexity index is 891. The Kier molecular flexibility index (Phi) is 4.05. The molecule has 0 saturated carbocycles. The maximum atomic E-state index is 12.6. The van der Waals surface area contributed by atoms with Crippen LogP contribution in [0.25, 0.3) is 11.0 Å². The van der Waals surface area contributed by atoms with Crippen molar-refractivity contribution >= 4 is 16.9 Å². The van der Waals surface area contributed by atoms with Gasteiger partial charge in [-0.1, -0.05) is 17.3 Å². The minimum Gasteiger partial charge on any atom is -0.471 e. The van der Waals surface area contributed by atoms with E-state index in [0.717, 1.165) is 17.5 Å². The Morgan fingerprint density at radius 3 is 3.00 bits per heavy atom. The van der Waals surface area contributed by atoms with Crippen molar-refractivity contribution in [3.05, 3.63) is 47.8 Å². The highest BCUT2D eigenvalue weighted by Crippen LogP contribution is 2.21. The summed E-state index contributed by atoms with van der Waals surface area (Å²) in [5.74, 6) is 0.521. The monoisotopic (exact) mass is 338 g/mol. The van der Waals surface area contributed by atoms with Crippen molar-refractivity contribution in [2.24, 2.45) is 0 Å². The summed E-state index contributed by atoms with van der Waals surface area (Å²) in [6, 6.07) is 11.2. The molecule has 25 heavy (non-hydrogen) atoms. The van der Waals surface area contributed by atoms with E-state index in [1.165, 1.54) is 0 Å². The third-order valence-corrected chi connectivity index (χ3v) is 4.33. The molecular formula is C18H18N4O3. The molecule has 0 N–H and O–H groups in total. The zero-order chi connectivity index (χ0) is 17.2. The molecule has 7 nitrogen and oxygen atoms in total. The van der Waals surface area contributed by atoms with Gasteiger partial charge in [-0.3, -0.25) is 4.79 Å². The van der Waals surface area contributed by atoms with Gasteiger partial charge in [-0.05, 0) is 25.1 Å². The first-order valence-corrected chi connectivity index (χ1v) is 8.27. The van der Waals surface area contributed by atoms with Crippen LogP contribution < -0.4 is 4.74 Å². The van der Waals surface area contributed by atoms with Gasteiger partial charge in [0.05, 0.1) is 18.7 Å². The largest absolute Gasteiger partial charge is 0.471 e. The Morgan fingerprint density at radius 2 is 2.16 bits per heavy atom. The van der Waals surface area contributed by atoms with Crippen LogP contribution in [0.2, 0.25) is 0 Å². The van der Waals surface area contributed by atoms with Gasteiger partial charge in [0.2, 0.25) is 11.8 Å². The number of hydrogen-bond donors (Lipinski definition) is 0. The number of aromatic nitrogens is 3. The van der Waals surface area contributed by atoms with Crippen molar-refractivity contribution in [2.75, 3.05) is 13.1 Å². The van der Waals surface area contributed by atoms with Crippen molar-refractivity contribution in [1.29, 1.82) is 0 Å². The van der Waals surface area contributed by atoms with Gasteiger partial charge in [0.15, 0.2) is 5.58 Å². The summed E-state index contributed by atoms with van der Waals surface area (Å²) in [4.78, 5) is 14.4. The standard InChI is InChI=1S/C18H18N4O3/c1-12-6-7-17(20-19-12)24-13-8-9-22(11-13)18(23)10-15-14-4-2-3-5-16(14)25-21-15/h2-7,13H,8-11H2,1H3/t13-/m0/s1. The highest BCUT2D eigenvalue weighted by Gasteiger charge is 2.28. The molecule has 7 heteroatoms. The average Bonchev–Trinajstić information content (AvgIpc) is 3.25. The number of likely N-dealkylation sites (tertiary alicyclic amines) is 1. The van der Waals surface area contributed by atoms with Crippen LogP contribution in [0.4, 0.5) is 0 Å². The first-order valence-electron chi connectivity index (χ1n) is 8.27. The third kappa shape index (κ3) is 3.31. The molecule has 0 unspecified atom stereocenters. The van der Waals surface area contributed by atoms with E-state index in [0.29, 0.717) is 30.2 Å². The van der Waals surface area contributed by atoms with Gasteiger partial charge in [0.25, 0.3) is 0 Å². The summed E-state index contributed by atoms with van der Waals surface area (Å²) in [6.07, 6.45) is 0.949. The van der Waals surface area contributed by atoms with Crippen molar-refractivity contribution < 1.29 is 14.1 Å². The maximum absolute atomic E-state index is 12.6. The van der Waals surface area contributed by atoms with Gasteiger partial charge < -0.3 is 14.2 Å². The lowest BCUT2D eigenvalue weighted by Crippen LogP contribution is -2.32. The molecule has 4 rings (SSSR count). The molecule has 128 valence electrons. The fraction of sp³-hybridized carbons (Fsp3) is 0.333. The number of hydrogen-bond acceptors (Lipinski definition) is 6. The second kappa shape index (κ2) is 6.51. The fourth-order valence-corrected chi connectivity index (χ4v) is 2.99. The number of ether oxygens (including phenoxy) is 1. The number of rotatable bonds is 4. The lowest BCUT2D eigenvalue weighted by molar-refractivity contribution is -0.129. The second-order valence-electron chi connectivity index (χ2n) is 6.18. The van der Waals surface area contributed by atoms with E-state index in [2.05, 4.69) is 15.4 Å². The molecule has 1 atom stereocenters. The fourth-order valence-electron chi connectivity index (χ4n) is 2.99. The molecule has 2 aromatic heterocycles. The van der Waals surface area contributed by atoms with Crippen molar-refractivity contribution in [3.8, 4) is 5.88 Å². The van der Waals surface area contributed by atoms with Crippen molar-refractivity contribution in [1.82, 2.24) is 20.3 Å². The number of carbonyl (C=O) groups is 1. The van der Waals surface area contributed by atoms with Crippen LogP contribution >= 0.6 is 0 Å². The highest BCUT2D eigenvalue weighted by atomic mass is 16.5. The Labute approximate surface area is 144 Å². The maximum Gasteiger partial charge on any atom is 0.233 e. The van der Waals surface area contributed by atoms with E-state index in [4.69, 9.17) is 9.26 Å². The van der Waals surface area contributed by atoms with Crippen LogP contribution in [-0.4, -0.2) is 45.4 Å². The molecule has 0 bridgehead atoms. The Hall–Kier alpha value is -2.96. The van der Waals surface area contributed by atoms with E-state index < -0.39 is 0 Å². The molecule has 1 aliphatic heterocycles. The van der Waals surface area contributed by atoms with Crippen LogP contribution in [-0.2, 0) is 11.2 Å². The summed E-state index contributed by atoms with van der Waals surface area (Å²) >= 11 is 0. The topological polar surface area (TPSA) is 81.4 Å². The van der Waals surface area contributed by atoms with Gasteiger partial charge in [0, 0.05) is 24.4 Å². The summed E-state index contributed by atoms with van der Waals surface area (Å²) in [5, 5.41) is 12.9. The molecule has 1 aromatic carbocycles. The van der Waals surface area contributed by atoms with Crippen LogP contribution in [0.15, 0.2) is 40.9 Å². The van der Waals surface area contributed by atoms with Gasteiger partial charge in [-0.25, -0.2) is 0 Å². The van der Waals surface area contributed by atoms with Crippen LogP contribution in [0, 0.1) is 6.92 Å². The molecule has 1 aliphatic rings. The van der Waals surface area contributed by atoms with E-state index in [1.54, 1.807) is 11.0 Å². The molecule has 0 spiro atoms. The number of fused-ring (bicyclic) bond motifs is 1. The molecule has 0 radical (unpaired) electrons. The molecule has 1 fully saturated rings. The third-order valence-electron chi connectivity index (χ3n) is 4.33.